The highest BCUT2D eigenvalue weighted by Crippen LogP contribution is 2.12. The highest BCUT2D eigenvalue weighted by molar-refractivity contribution is 7.92. The minimum absolute atomic E-state index is 0.0959. The first-order valence-electron chi connectivity index (χ1n) is 8.83. The van der Waals surface area contributed by atoms with Gasteiger partial charge in [-0.05, 0) is 23.8 Å². The summed E-state index contributed by atoms with van der Waals surface area (Å²) >= 11 is 0. The van der Waals surface area contributed by atoms with Crippen molar-refractivity contribution in [3.63, 3.8) is 0 Å². The third kappa shape index (κ3) is 5.75. The van der Waals surface area contributed by atoms with Crippen molar-refractivity contribution in [1.82, 2.24) is 9.21 Å². The van der Waals surface area contributed by atoms with Crippen molar-refractivity contribution >= 4 is 27.7 Å². The van der Waals surface area contributed by atoms with Gasteiger partial charge in [-0.1, -0.05) is 48.5 Å². The summed E-state index contributed by atoms with van der Waals surface area (Å²) in [5, 5.41) is 4.10. The Hall–Kier alpha value is -2.48. The number of anilines is 1. The number of hydrogen-bond acceptors (Lipinski definition) is 4. The first-order chi connectivity index (χ1) is 13.0. The monoisotopic (exact) mass is 385 g/mol. The van der Waals surface area contributed by atoms with Gasteiger partial charge in [0.2, 0.25) is 15.9 Å². The van der Waals surface area contributed by atoms with Crippen LogP contribution in [-0.2, 0) is 14.8 Å². The van der Waals surface area contributed by atoms with Crippen LogP contribution in [0.15, 0.2) is 66.1 Å². The number of carbonyl (C=O) groups excluding carboxylic acids is 1. The van der Waals surface area contributed by atoms with Crippen LogP contribution in [0, 0.1) is 0 Å². The molecule has 1 aliphatic heterocycles. The number of rotatable bonds is 6. The third-order valence-corrected chi connectivity index (χ3v) is 5.91. The molecule has 6 nitrogen and oxygen atoms in total. The van der Waals surface area contributed by atoms with Gasteiger partial charge in [-0.15, -0.1) is 0 Å². The van der Waals surface area contributed by atoms with Crippen molar-refractivity contribution in [2.24, 2.45) is 0 Å². The molecule has 2 aromatic rings. The lowest BCUT2D eigenvalue weighted by Gasteiger charge is -2.32. The van der Waals surface area contributed by atoms with Gasteiger partial charge in [0.15, 0.2) is 0 Å². The number of nitrogens with one attached hydrogen (secondary N) is 1. The second-order valence-corrected chi connectivity index (χ2v) is 8.17. The summed E-state index contributed by atoms with van der Waals surface area (Å²) in [6, 6.07) is 18.6. The van der Waals surface area contributed by atoms with Crippen molar-refractivity contribution in [3.05, 3.63) is 71.6 Å². The van der Waals surface area contributed by atoms with Crippen molar-refractivity contribution in [3.8, 4) is 0 Å². The predicted octanol–water partition coefficient (Wildman–Crippen LogP) is 2.24. The third-order valence-electron chi connectivity index (χ3n) is 4.35. The summed E-state index contributed by atoms with van der Waals surface area (Å²) in [7, 11) is -3.46. The maximum atomic E-state index is 12.5. The molecule has 0 aliphatic carbocycles. The molecule has 0 bridgehead atoms. The molecule has 1 heterocycles. The van der Waals surface area contributed by atoms with Crippen LogP contribution < -0.4 is 5.32 Å². The molecule has 1 amide bonds. The standard InChI is InChI=1S/C20H23N3O3S/c24-20(21-19-9-5-2-6-10-19)17-22-12-14-23(15-13-22)27(25,26)16-11-18-7-3-1-4-8-18/h1-11,16H,12-15,17H2,(H,21,24)/b16-11+. The maximum absolute atomic E-state index is 12.5. The van der Waals surface area contributed by atoms with E-state index in [-0.39, 0.29) is 12.5 Å². The summed E-state index contributed by atoms with van der Waals surface area (Å²) in [6.45, 7) is 2.06. The summed E-state index contributed by atoms with van der Waals surface area (Å²) in [5.74, 6) is -0.0959. The highest BCUT2D eigenvalue weighted by Gasteiger charge is 2.25. The number of amides is 1. The maximum Gasteiger partial charge on any atom is 0.238 e. The second-order valence-electron chi connectivity index (χ2n) is 6.35. The van der Waals surface area contributed by atoms with E-state index in [0.29, 0.717) is 26.2 Å². The molecule has 0 spiro atoms. The fourth-order valence-corrected chi connectivity index (χ4v) is 4.06. The number of nitrogens with zero attached hydrogens (tertiary/aromatic N) is 2. The van der Waals surface area contributed by atoms with Gasteiger partial charge < -0.3 is 5.32 Å². The molecule has 0 aromatic heterocycles. The Bertz CT molecular complexity index is 875. The van der Waals surface area contributed by atoms with Gasteiger partial charge in [0.1, 0.15) is 0 Å². The summed E-state index contributed by atoms with van der Waals surface area (Å²) in [6.07, 6.45) is 1.61. The van der Waals surface area contributed by atoms with Crippen LogP contribution >= 0.6 is 0 Å². The molecule has 3 rings (SSSR count). The van der Waals surface area contributed by atoms with Crippen LogP contribution in [0.4, 0.5) is 5.69 Å². The number of carbonyl (C=O) groups is 1. The minimum Gasteiger partial charge on any atom is -0.325 e. The molecule has 27 heavy (non-hydrogen) atoms. The van der Waals surface area contributed by atoms with Crippen LogP contribution in [-0.4, -0.2) is 56.3 Å². The van der Waals surface area contributed by atoms with Crippen LogP contribution in [0.5, 0.6) is 0 Å². The van der Waals surface area contributed by atoms with Gasteiger partial charge in [0.05, 0.1) is 6.54 Å². The number of piperazine rings is 1. The molecule has 1 N–H and O–H groups in total. The lowest BCUT2D eigenvalue weighted by molar-refractivity contribution is -0.117. The number of para-hydroxylation sites is 1. The van der Waals surface area contributed by atoms with E-state index in [9.17, 15) is 13.2 Å². The smallest absolute Gasteiger partial charge is 0.238 e. The van der Waals surface area contributed by atoms with Crippen molar-refractivity contribution in [2.45, 2.75) is 0 Å². The average molecular weight is 385 g/mol. The number of hydrogen-bond donors (Lipinski definition) is 1. The molecular formula is C20H23N3O3S. The number of sulfonamides is 1. The predicted molar refractivity (Wildman–Crippen MR) is 107 cm³/mol. The molecule has 142 valence electrons. The minimum atomic E-state index is -3.46. The summed E-state index contributed by atoms with van der Waals surface area (Å²) in [4.78, 5) is 14.1. The zero-order valence-electron chi connectivity index (χ0n) is 15.0. The Balaban J connectivity index is 1.49. The topological polar surface area (TPSA) is 69.7 Å². The van der Waals surface area contributed by atoms with E-state index in [4.69, 9.17) is 0 Å². The van der Waals surface area contributed by atoms with E-state index in [1.807, 2.05) is 65.6 Å². The molecule has 0 atom stereocenters. The lowest BCUT2D eigenvalue weighted by atomic mass is 10.2. The van der Waals surface area contributed by atoms with Crippen LogP contribution in [0.1, 0.15) is 5.56 Å². The van der Waals surface area contributed by atoms with Gasteiger partial charge in [-0.3, -0.25) is 9.69 Å². The molecule has 0 saturated carbocycles. The Morgan fingerprint density at radius 2 is 1.52 bits per heavy atom. The normalized spacial score (nSPS) is 16.4. The summed E-state index contributed by atoms with van der Waals surface area (Å²) < 4.78 is 26.4. The average Bonchev–Trinajstić information content (AvgIpc) is 2.68. The quantitative estimate of drug-likeness (QED) is 0.828. The number of benzene rings is 2. The Morgan fingerprint density at radius 3 is 2.15 bits per heavy atom. The lowest BCUT2D eigenvalue weighted by Crippen LogP contribution is -2.49. The highest BCUT2D eigenvalue weighted by atomic mass is 32.2. The van der Waals surface area contributed by atoms with E-state index in [0.717, 1.165) is 11.3 Å². The largest absolute Gasteiger partial charge is 0.325 e. The van der Waals surface area contributed by atoms with Gasteiger partial charge in [-0.2, -0.15) is 4.31 Å². The molecule has 0 unspecified atom stereocenters. The van der Waals surface area contributed by atoms with Gasteiger partial charge in [0, 0.05) is 37.3 Å². The molecule has 1 saturated heterocycles. The van der Waals surface area contributed by atoms with Crippen molar-refractivity contribution in [2.75, 3.05) is 38.0 Å². The molecule has 1 fully saturated rings. The Kier molecular flexibility index (Phi) is 6.39. The fraction of sp³-hybridized carbons (Fsp3) is 0.250. The van der Waals surface area contributed by atoms with Crippen LogP contribution in [0.3, 0.4) is 0 Å². The second kappa shape index (κ2) is 8.94. The molecule has 7 heteroatoms. The molecular weight excluding hydrogens is 362 g/mol. The van der Waals surface area contributed by atoms with E-state index in [1.165, 1.54) is 9.71 Å². The van der Waals surface area contributed by atoms with E-state index < -0.39 is 10.0 Å². The zero-order valence-corrected chi connectivity index (χ0v) is 15.8. The van der Waals surface area contributed by atoms with Crippen molar-refractivity contribution in [1.29, 1.82) is 0 Å². The van der Waals surface area contributed by atoms with E-state index in [2.05, 4.69) is 5.32 Å². The first kappa shape index (κ1) is 19.3. The van der Waals surface area contributed by atoms with Gasteiger partial charge >= 0.3 is 0 Å². The van der Waals surface area contributed by atoms with Crippen LogP contribution in [0.25, 0.3) is 6.08 Å². The van der Waals surface area contributed by atoms with E-state index >= 15 is 0 Å². The van der Waals surface area contributed by atoms with Gasteiger partial charge in [0.25, 0.3) is 0 Å². The van der Waals surface area contributed by atoms with Gasteiger partial charge in [-0.25, -0.2) is 8.42 Å². The zero-order chi connectivity index (χ0) is 19.1. The van der Waals surface area contributed by atoms with Crippen molar-refractivity contribution < 1.29 is 13.2 Å². The first-order valence-corrected chi connectivity index (χ1v) is 10.3. The molecule has 1 aliphatic rings. The fourth-order valence-electron chi connectivity index (χ4n) is 2.88. The Labute approximate surface area is 160 Å². The molecule has 2 aromatic carbocycles. The Morgan fingerprint density at radius 1 is 0.926 bits per heavy atom. The SMILES string of the molecule is O=C(CN1CCN(S(=O)(=O)/C=C/c2ccccc2)CC1)Nc1ccccc1. The van der Waals surface area contributed by atoms with Crippen LogP contribution in [0.2, 0.25) is 0 Å². The molecule has 0 radical (unpaired) electrons. The summed E-state index contributed by atoms with van der Waals surface area (Å²) in [5.41, 5.74) is 1.60. The van der Waals surface area contributed by atoms with E-state index in [1.54, 1.807) is 6.08 Å².